The zero-order valence-electron chi connectivity index (χ0n) is 19.3. The van der Waals surface area contributed by atoms with E-state index in [1.807, 2.05) is 6.92 Å². The Labute approximate surface area is 185 Å². The summed E-state index contributed by atoms with van der Waals surface area (Å²) < 4.78 is 15.9. The molecule has 1 atom stereocenters. The van der Waals surface area contributed by atoms with Crippen molar-refractivity contribution in [3.63, 3.8) is 0 Å². The Balaban J connectivity index is 3.00. The van der Waals surface area contributed by atoms with Gasteiger partial charge >= 0.3 is 17.9 Å². The summed E-state index contributed by atoms with van der Waals surface area (Å²) in [6, 6.07) is 4.50. The van der Waals surface area contributed by atoms with E-state index >= 15 is 0 Å². The zero-order valence-corrected chi connectivity index (χ0v) is 19.3. The summed E-state index contributed by atoms with van der Waals surface area (Å²) in [6.07, 6.45) is 6.36. The summed E-state index contributed by atoms with van der Waals surface area (Å²) in [4.78, 5) is 36.5. The van der Waals surface area contributed by atoms with Crippen LogP contribution in [0, 0.1) is 0 Å². The molecule has 0 radical (unpaired) electrons. The summed E-state index contributed by atoms with van der Waals surface area (Å²) >= 11 is 0. The molecule has 0 saturated heterocycles. The zero-order chi connectivity index (χ0) is 23.1. The van der Waals surface area contributed by atoms with Crippen LogP contribution in [-0.4, -0.2) is 37.6 Å². The van der Waals surface area contributed by atoms with Crippen molar-refractivity contribution in [1.82, 2.24) is 5.32 Å². The van der Waals surface area contributed by atoms with Gasteiger partial charge < -0.3 is 19.5 Å². The normalized spacial score (nSPS) is 11.6. The van der Waals surface area contributed by atoms with E-state index in [-0.39, 0.29) is 29.4 Å². The molecule has 0 heterocycles. The molecular weight excluding hydrogens is 398 g/mol. The van der Waals surface area contributed by atoms with Crippen LogP contribution in [0.5, 0.6) is 11.5 Å². The minimum absolute atomic E-state index is 0.197. The first-order valence-electron chi connectivity index (χ1n) is 11.3. The molecule has 0 spiro atoms. The second-order valence-electron chi connectivity index (χ2n) is 7.48. The minimum Gasteiger partial charge on any atom is -0.468 e. The van der Waals surface area contributed by atoms with Gasteiger partial charge in [0.2, 0.25) is 0 Å². The predicted molar refractivity (Wildman–Crippen MR) is 119 cm³/mol. The van der Waals surface area contributed by atoms with Gasteiger partial charge in [0, 0.05) is 12.8 Å². The van der Waals surface area contributed by atoms with Gasteiger partial charge in [0.05, 0.1) is 7.11 Å². The molecule has 0 unspecified atom stereocenters. The van der Waals surface area contributed by atoms with Crippen LogP contribution in [-0.2, 0) is 25.5 Å². The molecule has 1 aromatic rings. The maximum absolute atomic E-state index is 12.3. The van der Waals surface area contributed by atoms with Crippen molar-refractivity contribution in [3.05, 3.63) is 23.8 Å². The van der Waals surface area contributed by atoms with Gasteiger partial charge in [0.25, 0.3) is 0 Å². The number of ether oxygens (including phenoxy) is 3. The van der Waals surface area contributed by atoms with Crippen molar-refractivity contribution in [2.75, 3.05) is 13.7 Å². The number of unbranched alkanes of at least 4 members (excludes halogenated alkanes) is 4. The monoisotopic (exact) mass is 435 g/mol. The molecule has 0 amide bonds. The number of hydrogen-bond acceptors (Lipinski definition) is 7. The molecule has 0 aliphatic rings. The van der Waals surface area contributed by atoms with Crippen LogP contribution >= 0.6 is 0 Å². The Kier molecular flexibility index (Phi) is 13.2. The fourth-order valence-corrected chi connectivity index (χ4v) is 3.09. The van der Waals surface area contributed by atoms with E-state index in [2.05, 4.69) is 19.2 Å². The number of rotatable bonds is 15. The Morgan fingerprint density at radius 2 is 1.45 bits per heavy atom. The van der Waals surface area contributed by atoms with E-state index in [0.29, 0.717) is 25.8 Å². The van der Waals surface area contributed by atoms with Gasteiger partial charge in [-0.1, -0.05) is 52.5 Å². The molecule has 7 heteroatoms. The molecule has 0 aliphatic carbocycles. The Morgan fingerprint density at radius 1 is 0.871 bits per heavy atom. The van der Waals surface area contributed by atoms with Crippen LogP contribution in [0.4, 0.5) is 0 Å². The van der Waals surface area contributed by atoms with E-state index in [1.54, 1.807) is 18.2 Å². The van der Waals surface area contributed by atoms with Crippen molar-refractivity contribution >= 4 is 17.9 Å². The number of methoxy groups -OCH3 is 1. The van der Waals surface area contributed by atoms with Crippen molar-refractivity contribution in [3.8, 4) is 11.5 Å². The first kappa shape index (κ1) is 26.6. The van der Waals surface area contributed by atoms with Gasteiger partial charge in [-0.25, -0.2) is 0 Å². The van der Waals surface area contributed by atoms with Gasteiger partial charge in [-0.2, -0.15) is 0 Å². The number of carbonyl (C=O) groups is 3. The standard InChI is InChI=1S/C24H37NO6/c1-5-8-10-12-22(26)30-20-15-14-18(16-19(25-7-3)24(28)29-4)17-21(20)31-23(27)13-11-9-6-2/h14-15,17,19,25H,5-13,16H2,1-4H3/t19-/m0/s1. The fraction of sp³-hybridized carbons (Fsp3) is 0.625. The molecule has 1 N–H and O–H groups in total. The molecule has 0 fully saturated rings. The van der Waals surface area contributed by atoms with E-state index in [1.165, 1.54) is 7.11 Å². The van der Waals surface area contributed by atoms with Crippen LogP contribution in [0.2, 0.25) is 0 Å². The largest absolute Gasteiger partial charge is 0.468 e. The average molecular weight is 436 g/mol. The van der Waals surface area contributed by atoms with Gasteiger partial charge in [-0.15, -0.1) is 0 Å². The molecule has 1 rings (SSSR count). The Morgan fingerprint density at radius 3 is 1.97 bits per heavy atom. The van der Waals surface area contributed by atoms with Gasteiger partial charge in [-0.05, 0) is 43.5 Å². The molecule has 0 saturated carbocycles. The topological polar surface area (TPSA) is 90.9 Å². The number of nitrogens with one attached hydrogen (secondary N) is 1. The van der Waals surface area contributed by atoms with Crippen molar-refractivity contribution < 1.29 is 28.6 Å². The molecule has 174 valence electrons. The maximum atomic E-state index is 12.3. The summed E-state index contributed by atoms with van der Waals surface area (Å²) in [5.74, 6) is -0.684. The first-order chi connectivity index (χ1) is 14.9. The van der Waals surface area contributed by atoms with Gasteiger partial charge in [0.1, 0.15) is 6.04 Å². The summed E-state index contributed by atoms with van der Waals surface area (Å²) in [5.41, 5.74) is 0.762. The molecular formula is C24H37NO6. The van der Waals surface area contributed by atoms with E-state index < -0.39 is 6.04 Å². The second kappa shape index (κ2) is 15.4. The van der Waals surface area contributed by atoms with Crippen molar-refractivity contribution in [2.45, 2.75) is 84.6 Å². The number of esters is 3. The number of hydrogen-bond donors (Lipinski definition) is 1. The Hall–Kier alpha value is -2.41. The average Bonchev–Trinajstić information content (AvgIpc) is 2.75. The van der Waals surface area contributed by atoms with Crippen LogP contribution in [0.15, 0.2) is 18.2 Å². The third-order valence-corrected chi connectivity index (χ3v) is 4.80. The molecule has 0 bridgehead atoms. The summed E-state index contributed by atoms with van der Waals surface area (Å²) in [6.45, 7) is 6.63. The fourth-order valence-electron chi connectivity index (χ4n) is 3.09. The van der Waals surface area contributed by atoms with Crippen molar-refractivity contribution in [1.29, 1.82) is 0 Å². The molecule has 1 aromatic carbocycles. The molecule has 0 aromatic heterocycles. The molecule has 0 aliphatic heterocycles. The van der Waals surface area contributed by atoms with E-state index in [9.17, 15) is 14.4 Å². The smallest absolute Gasteiger partial charge is 0.323 e. The SMILES string of the molecule is CCCCCC(=O)Oc1ccc(C[C@H](NCC)C(=O)OC)cc1OC(=O)CCCCC. The predicted octanol–water partition coefficient (Wildman–Crippen LogP) is 4.35. The second-order valence-corrected chi connectivity index (χ2v) is 7.48. The van der Waals surface area contributed by atoms with E-state index in [0.717, 1.165) is 44.1 Å². The van der Waals surface area contributed by atoms with E-state index in [4.69, 9.17) is 14.2 Å². The van der Waals surface area contributed by atoms with Crippen LogP contribution in [0.3, 0.4) is 0 Å². The number of benzene rings is 1. The highest BCUT2D eigenvalue weighted by Gasteiger charge is 2.21. The first-order valence-corrected chi connectivity index (χ1v) is 11.3. The summed E-state index contributed by atoms with van der Waals surface area (Å²) in [7, 11) is 1.34. The number of likely N-dealkylation sites (N-methyl/N-ethyl adjacent to an activating group) is 1. The quantitative estimate of drug-likeness (QED) is 0.249. The van der Waals surface area contributed by atoms with Crippen molar-refractivity contribution in [2.24, 2.45) is 0 Å². The third kappa shape index (κ3) is 10.4. The molecule has 7 nitrogen and oxygen atoms in total. The summed E-state index contributed by atoms with van der Waals surface area (Å²) in [5, 5.41) is 3.08. The lowest BCUT2D eigenvalue weighted by molar-refractivity contribution is -0.143. The highest BCUT2D eigenvalue weighted by Crippen LogP contribution is 2.30. The number of carbonyl (C=O) groups excluding carboxylic acids is 3. The Bertz CT molecular complexity index is 703. The highest BCUT2D eigenvalue weighted by atomic mass is 16.6. The third-order valence-electron chi connectivity index (χ3n) is 4.80. The highest BCUT2D eigenvalue weighted by molar-refractivity contribution is 5.77. The van der Waals surface area contributed by atoms with Crippen LogP contribution in [0.25, 0.3) is 0 Å². The lowest BCUT2D eigenvalue weighted by Gasteiger charge is -2.17. The lowest BCUT2D eigenvalue weighted by atomic mass is 10.1. The van der Waals surface area contributed by atoms with Gasteiger partial charge in [-0.3, -0.25) is 14.4 Å². The van der Waals surface area contributed by atoms with Crippen LogP contribution in [0.1, 0.15) is 77.7 Å². The van der Waals surface area contributed by atoms with Crippen LogP contribution < -0.4 is 14.8 Å². The molecule has 31 heavy (non-hydrogen) atoms. The van der Waals surface area contributed by atoms with Gasteiger partial charge in [0.15, 0.2) is 11.5 Å². The lowest BCUT2D eigenvalue weighted by Crippen LogP contribution is -2.39. The minimum atomic E-state index is -0.523. The maximum Gasteiger partial charge on any atom is 0.323 e.